The van der Waals surface area contributed by atoms with Crippen molar-refractivity contribution in [2.75, 3.05) is 26.2 Å². The van der Waals surface area contributed by atoms with Gasteiger partial charge in [-0.15, -0.1) is 0 Å². The van der Waals surface area contributed by atoms with Gasteiger partial charge >= 0.3 is 0 Å². The van der Waals surface area contributed by atoms with E-state index in [1.165, 1.54) is 19.3 Å². The number of H-pyrrole nitrogens is 1. The van der Waals surface area contributed by atoms with Gasteiger partial charge in [0.05, 0.1) is 5.56 Å². The highest BCUT2D eigenvalue weighted by Crippen LogP contribution is 2.26. The molecule has 1 aliphatic carbocycles. The highest BCUT2D eigenvalue weighted by Gasteiger charge is 2.30. The molecule has 0 bridgehead atoms. The molecule has 1 aliphatic heterocycles. The fourth-order valence-corrected chi connectivity index (χ4v) is 4.16. The monoisotopic (exact) mass is 339 g/mol. The summed E-state index contributed by atoms with van der Waals surface area (Å²) in [6.07, 6.45) is 7.48. The number of aromatic nitrogens is 1. The third-order valence-corrected chi connectivity index (χ3v) is 5.65. The summed E-state index contributed by atoms with van der Waals surface area (Å²) >= 11 is 0. The van der Waals surface area contributed by atoms with Gasteiger partial charge in [0.25, 0.3) is 5.91 Å². The van der Waals surface area contributed by atoms with E-state index in [0.29, 0.717) is 32.1 Å². The number of para-hydroxylation sites is 1. The van der Waals surface area contributed by atoms with Crippen LogP contribution in [0.1, 0.15) is 42.5 Å². The molecule has 1 aromatic heterocycles. The molecule has 2 amide bonds. The third kappa shape index (κ3) is 3.15. The van der Waals surface area contributed by atoms with E-state index < -0.39 is 0 Å². The number of fused-ring (bicyclic) bond motifs is 1. The van der Waals surface area contributed by atoms with Crippen molar-refractivity contribution in [2.24, 2.45) is 5.92 Å². The summed E-state index contributed by atoms with van der Waals surface area (Å²) in [6, 6.07) is 7.87. The summed E-state index contributed by atoms with van der Waals surface area (Å²) in [5, 5.41) is 0.966. The van der Waals surface area contributed by atoms with E-state index in [1.54, 1.807) is 6.20 Å². The molecule has 5 nitrogen and oxygen atoms in total. The molecule has 25 heavy (non-hydrogen) atoms. The average molecular weight is 339 g/mol. The Labute approximate surface area is 148 Å². The quantitative estimate of drug-likeness (QED) is 0.914. The summed E-state index contributed by atoms with van der Waals surface area (Å²) in [6.45, 7) is 2.56. The molecule has 5 heteroatoms. The number of nitrogens with zero attached hydrogens (tertiary/aromatic N) is 2. The van der Waals surface area contributed by atoms with Crippen LogP contribution in [0.4, 0.5) is 0 Å². The Bertz CT molecular complexity index is 768. The summed E-state index contributed by atoms with van der Waals surface area (Å²) in [5.41, 5.74) is 1.71. The van der Waals surface area contributed by atoms with E-state index in [1.807, 2.05) is 34.1 Å². The number of aromatic amines is 1. The van der Waals surface area contributed by atoms with Crippen LogP contribution in [0.25, 0.3) is 10.9 Å². The molecular formula is C20H25N3O2. The van der Waals surface area contributed by atoms with E-state index in [-0.39, 0.29) is 11.8 Å². The second-order valence-electron chi connectivity index (χ2n) is 7.20. The first-order valence-corrected chi connectivity index (χ1v) is 9.38. The Morgan fingerprint density at radius 2 is 1.60 bits per heavy atom. The predicted molar refractivity (Wildman–Crippen MR) is 97.4 cm³/mol. The topological polar surface area (TPSA) is 56.4 Å². The highest BCUT2D eigenvalue weighted by atomic mass is 16.2. The molecule has 0 unspecified atom stereocenters. The van der Waals surface area contributed by atoms with Crippen molar-refractivity contribution in [2.45, 2.75) is 32.1 Å². The van der Waals surface area contributed by atoms with Crippen LogP contribution in [-0.2, 0) is 4.79 Å². The molecule has 132 valence electrons. The number of benzene rings is 1. The average Bonchev–Trinajstić information content (AvgIpc) is 3.12. The maximum Gasteiger partial charge on any atom is 0.256 e. The van der Waals surface area contributed by atoms with Crippen LogP contribution in [-0.4, -0.2) is 52.8 Å². The first-order valence-electron chi connectivity index (χ1n) is 9.38. The van der Waals surface area contributed by atoms with Crippen molar-refractivity contribution < 1.29 is 9.59 Å². The Balaban J connectivity index is 1.39. The van der Waals surface area contributed by atoms with Gasteiger partial charge < -0.3 is 14.8 Å². The van der Waals surface area contributed by atoms with Crippen LogP contribution in [0.15, 0.2) is 30.5 Å². The number of nitrogens with one attached hydrogen (secondary N) is 1. The van der Waals surface area contributed by atoms with Gasteiger partial charge in [0.15, 0.2) is 0 Å². The normalized spacial score (nSPS) is 19.4. The number of carbonyl (C=O) groups is 2. The molecule has 2 aliphatic rings. The van der Waals surface area contributed by atoms with Gasteiger partial charge in [-0.25, -0.2) is 0 Å². The van der Waals surface area contributed by atoms with E-state index in [9.17, 15) is 9.59 Å². The molecule has 1 saturated heterocycles. The number of hydrogen-bond acceptors (Lipinski definition) is 2. The standard InChI is InChI=1S/C20H25N3O2/c24-19(15-6-2-1-3-7-15)22-10-12-23(13-11-22)20(25)17-14-21-18-9-5-4-8-16(17)18/h4-5,8-9,14-15,21H,1-3,6-7,10-13H2. The van der Waals surface area contributed by atoms with Crippen molar-refractivity contribution >= 4 is 22.7 Å². The molecule has 1 aromatic carbocycles. The largest absolute Gasteiger partial charge is 0.360 e. The molecular weight excluding hydrogens is 314 g/mol. The highest BCUT2D eigenvalue weighted by molar-refractivity contribution is 6.06. The van der Waals surface area contributed by atoms with Gasteiger partial charge in [0, 0.05) is 49.2 Å². The Morgan fingerprint density at radius 1 is 0.920 bits per heavy atom. The van der Waals surface area contributed by atoms with Crippen molar-refractivity contribution in [3.8, 4) is 0 Å². The zero-order valence-electron chi connectivity index (χ0n) is 14.5. The Morgan fingerprint density at radius 3 is 2.36 bits per heavy atom. The van der Waals surface area contributed by atoms with Crippen LogP contribution in [0, 0.1) is 5.92 Å². The van der Waals surface area contributed by atoms with Gasteiger partial charge in [0.1, 0.15) is 0 Å². The Kier molecular flexibility index (Phi) is 4.47. The summed E-state index contributed by atoms with van der Waals surface area (Å²) in [4.78, 5) is 32.5. The van der Waals surface area contributed by atoms with Crippen molar-refractivity contribution in [1.29, 1.82) is 0 Å². The van der Waals surface area contributed by atoms with Gasteiger partial charge in [0.2, 0.25) is 5.91 Å². The van der Waals surface area contributed by atoms with E-state index >= 15 is 0 Å². The number of amides is 2. The number of hydrogen-bond donors (Lipinski definition) is 1. The number of carbonyl (C=O) groups excluding carboxylic acids is 2. The zero-order valence-corrected chi connectivity index (χ0v) is 14.5. The lowest BCUT2D eigenvalue weighted by Gasteiger charge is -2.37. The predicted octanol–water partition coefficient (Wildman–Crippen LogP) is 3.03. The summed E-state index contributed by atoms with van der Waals surface area (Å²) < 4.78 is 0. The smallest absolute Gasteiger partial charge is 0.256 e. The lowest BCUT2D eigenvalue weighted by Crippen LogP contribution is -2.52. The maximum atomic E-state index is 12.9. The molecule has 0 radical (unpaired) electrons. The van der Waals surface area contributed by atoms with Crippen LogP contribution < -0.4 is 0 Å². The fourth-order valence-electron chi connectivity index (χ4n) is 4.16. The van der Waals surface area contributed by atoms with E-state index in [2.05, 4.69) is 4.98 Å². The van der Waals surface area contributed by atoms with Gasteiger partial charge in [-0.05, 0) is 18.9 Å². The first-order chi connectivity index (χ1) is 12.2. The number of piperazine rings is 1. The van der Waals surface area contributed by atoms with Crippen molar-refractivity contribution in [3.05, 3.63) is 36.0 Å². The van der Waals surface area contributed by atoms with Crippen LogP contribution in [0.2, 0.25) is 0 Å². The summed E-state index contributed by atoms with van der Waals surface area (Å²) in [5.74, 6) is 0.575. The lowest BCUT2D eigenvalue weighted by molar-refractivity contribution is -0.138. The van der Waals surface area contributed by atoms with Gasteiger partial charge in [-0.2, -0.15) is 0 Å². The molecule has 2 fully saturated rings. The zero-order chi connectivity index (χ0) is 17.2. The van der Waals surface area contributed by atoms with Crippen molar-refractivity contribution in [1.82, 2.24) is 14.8 Å². The maximum absolute atomic E-state index is 12.9. The molecule has 2 heterocycles. The molecule has 1 N–H and O–H groups in total. The minimum Gasteiger partial charge on any atom is -0.360 e. The second-order valence-corrected chi connectivity index (χ2v) is 7.20. The Hall–Kier alpha value is -2.30. The van der Waals surface area contributed by atoms with Crippen LogP contribution in [0.3, 0.4) is 0 Å². The van der Waals surface area contributed by atoms with Gasteiger partial charge in [-0.3, -0.25) is 9.59 Å². The molecule has 0 atom stereocenters. The van der Waals surface area contributed by atoms with E-state index in [4.69, 9.17) is 0 Å². The SMILES string of the molecule is O=C(c1c[nH]c2ccccc12)N1CCN(C(=O)C2CCCCC2)CC1. The second kappa shape index (κ2) is 6.90. The molecule has 0 spiro atoms. The molecule has 4 rings (SSSR count). The van der Waals surface area contributed by atoms with Gasteiger partial charge in [-0.1, -0.05) is 37.5 Å². The van der Waals surface area contributed by atoms with Crippen LogP contribution >= 0.6 is 0 Å². The summed E-state index contributed by atoms with van der Waals surface area (Å²) in [7, 11) is 0. The molecule has 1 saturated carbocycles. The van der Waals surface area contributed by atoms with E-state index in [0.717, 1.165) is 29.3 Å². The molecule has 2 aromatic rings. The van der Waals surface area contributed by atoms with Crippen LogP contribution in [0.5, 0.6) is 0 Å². The van der Waals surface area contributed by atoms with Crippen molar-refractivity contribution in [3.63, 3.8) is 0 Å². The minimum absolute atomic E-state index is 0.0576. The lowest BCUT2D eigenvalue weighted by atomic mass is 9.88. The third-order valence-electron chi connectivity index (χ3n) is 5.65. The first kappa shape index (κ1) is 16.2. The minimum atomic E-state index is 0.0576. The fraction of sp³-hybridized carbons (Fsp3) is 0.500. The number of rotatable bonds is 2.